The van der Waals surface area contributed by atoms with Crippen LogP contribution < -0.4 is 0 Å². The molecule has 0 aliphatic heterocycles. The van der Waals surface area contributed by atoms with Crippen LogP contribution in [0.25, 0.3) is 0 Å². The summed E-state index contributed by atoms with van der Waals surface area (Å²) in [6.07, 6.45) is 1.79. The summed E-state index contributed by atoms with van der Waals surface area (Å²) in [7, 11) is 0. The number of nitrogens with zero attached hydrogens (tertiary/aromatic N) is 2. The molecule has 1 heterocycles. The first-order chi connectivity index (χ1) is 9.56. The first kappa shape index (κ1) is 15.1. The highest BCUT2D eigenvalue weighted by Crippen LogP contribution is 2.37. The van der Waals surface area contributed by atoms with Crippen LogP contribution in [0, 0.1) is 0 Å². The molecule has 4 heteroatoms. The summed E-state index contributed by atoms with van der Waals surface area (Å²) in [6.45, 7) is 6.14. The molecular weight excluding hydrogens is 272 g/mol. The van der Waals surface area contributed by atoms with Crippen molar-refractivity contribution in [2.45, 2.75) is 45.3 Å². The van der Waals surface area contributed by atoms with E-state index in [2.05, 4.69) is 12.0 Å². The summed E-state index contributed by atoms with van der Waals surface area (Å²) in [6, 6.07) is 10.2. The second kappa shape index (κ2) is 6.42. The van der Waals surface area contributed by atoms with E-state index in [9.17, 15) is 5.11 Å². The van der Waals surface area contributed by atoms with E-state index in [4.69, 9.17) is 11.6 Å². The molecule has 0 spiro atoms. The molecule has 2 atom stereocenters. The Labute approximate surface area is 125 Å². The van der Waals surface area contributed by atoms with E-state index in [0.717, 1.165) is 12.0 Å². The molecule has 2 rings (SSSR count). The molecule has 108 valence electrons. The monoisotopic (exact) mass is 292 g/mol. The Morgan fingerprint density at radius 1 is 1.25 bits per heavy atom. The largest absolute Gasteiger partial charge is 0.386 e. The topological polar surface area (TPSA) is 38.1 Å². The molecule has 0 saturated carbocycles. The summed E-state index contributed by atoms with van der Waals surface area (Å²) in [5, 5.41) is 15.6. The molecule has 1 aromatic heterocycles. The molecule has 2 unspecified atom stereocenters. The van der Waals surface area contributed by atoms with Crippen LogP contribution in [0.1, 0.15) is 56.5 Å². The minimum Gasteiger partial charge on any atom is -0.386 e. The molecule has 0 amide bonds. The van der Waals surface area contributed by atoms with Gasteiger partial charge in [-0.05, 0) is 25.8 Å². The predicted molar refractivity (Wildman–Crippen MR) is 82.1 cm³/mol. The van der Waals surface area contributed by atoms with Gasteiger partial charge in [-0.15, -0.1) is 0 Å². The van der Waals surface area contributed by atoms with Gasteiger partial charge in [-0.25, -0.2) is 0 Å². The molecule has 0 radical (unpaired) electrons. The van der Waals surface area contributed by atoms with Crippen molar-refractivity contribution in [1.29, 1.82) is 0 Å². The summed E-state index contributed by atoms with van der Waals surface area (Å²) in [5.41, 5.74) is 1.83. The zero-order valence-electron chi connectivity index (χ0n) is 12.1. The maximum atomic E-state index is 10.8. The first-order valence-electron chi connectivity index (χ1n) is 7.02. The molecule has 0 aliphatic carbocycles. The lowest BCUT2D eigenvalue weighted by atomic mass is 9.89. The molecular formula is C16H21ClN2O. The number of aromatic nitrogens is 2. The summed E-state index contributed by atoms with van der Waals surface area (Å²) in [5.74, 6) is 0.0166. The number of aliphatic hydroxyl groups is 1. The fourth-order valence-electron chi connectivity index (χ4n) is 2.57. The third kappa shape index (κ3) is 2.89. The maximum Gasteiger partial charge on any atom is 0.104 e. The summed E-state index contributed by atoms with van der Waals surface area (Å²) in [4.78, 5) is 0. The van der Waals surface area contributed by atoms with Crippen LogP contribution in [0.5, 0.6) is 0 Å². The normalized spacial score (nSPS) is 14.5. The maximum absolute atomic E-state index is 10.8. The van der Waals surface area contributed by atoms with Gasteiger partial charge >= 0.3 is 0 Å². The Hall–Kier alpha value is -1.32. The molecule has 0 aliphatic rings. The number of hydrogen-bond donors (Lipinski definition) is 1. The number of benzene rings is 1. The van der Waals surface area contributed by atoms with Crippen molar-refractivity contribution in [3.05, 3.63) is 52.8 Å². The number of rotatable bonds is 5. The van der Waals surface area contributed by atoms with Gasteiger partial charge in [0.15, 0.2) is 0 Å². The number of halogens is 1. The quantitative estimate of drug-likeness (QED) is 0.890. The van der Waals surface area contributed by atoms with Crippen molar-refractivity contribution in [2.24, 2.45) is 0 Å². The van der Waals surface area contributed by atoms with Crippen molar-refractivity contribution >= 4 is 11.6 Å². The minimum atomic E-state index is -0.653. The van der Waals surface area contributed by atoms with Gasteiger partial charge in [0.1, 0.15) is 6.10 Å². The second-order valence-electron chi connectivity index (χ2n) is 5.29. The Balaban J connectivity index is 2.39. The van der Waals surface area contributed by atoms with Crippen LogP contribution in [0.2, 0.25) is 5.02 Å². The van der Waals surface area contributed by atoms with Crippen molar-refractivity contribution in [3.63, 3.8) is 0 Å². The van der Waals surface area contributed by atoms with Crippen LogP contribution in [-0.2, 0) is 0 Å². The van der Waals surface area contributed by atoms with Crippen LogP contribution >= 0.6 is 11.6 Å². The van der Waals surface area contributed by atoms with Crippen molar-refractivity contribution < 1.29 is 5.11 Å². The Bertz CT molecular complexity index is 551. The zero-order valence-corrected chi connectivity index (χ0v) is 12.9. The standard InChI is InChI=1S/C16H21ClN2O/c1-4-13(12-8-6-5-7-9-12)16(20)15-14(17)10-18-19(15)11(2)3/h5-11,13,16,20H,4H2,1-3H3. The average Bonchev–Trinajstić information content (AvgIpc) is 2.82. The van der Waals surface area contributed by atoms with Crippen LogP contribution in [0.4, 0.5) is 0 Å². The van der Waals surface area contributed by atoms with Gasteiger partial charge in [0.25, 0.3) is 0 Å². The zero-order chi connectivity index (χ0) is 14.7. The number of aliphatic hydroxyl groups excluding tert-OH is 1. The number of hydrogen-bond acceptors (Lipinski definition) is 2. The van der Waals surface area contributed by atoms with E-state index < -0.39 is 6.10 Å². The first-order valence-corrected chi connectivity index (χ1v) is 7.40. The van der Waals surface area contributed by atoms with Crippen molar-refractivity contribution in [3.8, 4) is 0 Å². The van der Waals surface area contributed by atoms with Gasteiger partial charge in [0.05, 0.1) is 16.9 Å². The lowest BCUT2D eigenvalue weighted by Gasteiger charge is -2.24. The average molecular weight is 293 g/mol. The molecule has 3 nitrogen and oxygen atoms in total. The summed E-state index contributed by atoms with van der Waals surface area (Å²) < 4.78 is 1.80. The van der Waals surface area contributed by atoms with Crippen molar-refractivity contribution in [2.75, 3.05) is 0 Å². The molecule has 20 heavy (non-hydrogen) atoms. The van der Waals surface area contributed by atoms with E-state index in [0.29, 0.717) is 10.7 Å². The molecule has 0 bridgehead atoms. The van der Waals surface area contributed by atoms with Crippen LogP contribution in [0.3, 0.4) is 0 Å². The van der Waals surface area contributed by atoms with Crippen LogP contribution in [0.15, 0.2) is 36.5 Å². The van der Waals surface area contributed by atoms with Gasteiger partial charge in [-0.3, -0.25) is 4.68 Å². The molecule has 0 saturated heterocycles. The van der Waals surface area contributed by atoms with Gasteiger partial charge in [-0.1, -0.05) is 48.9 Å². The lowest BCUT2D eigenvalue weighted by Crippen LogP contribution is -2.17. The molecule has 0 fully saturated rings. The van der Waals surface area contributed by atoms with E-state index in [-0.39, 0.29) is 12.0 Å². The third-order valence-electron chi connectivity index (χ3n) is 3.60. The van der Waals surface area contributed by atoms with E-state index in [1.807, 2.05) is 44.2 Å². The van der Waals surface area contributed by atoms with E-state index >= 15 is 0 Å². The molecule has 1 aromatic carbocycles. The summed E-state index contributed by atoms with van der Waals surface area (Å²) >= 11 is 6.23. The minimum absolute atomic E-state index is 0.0166. The molecule has 2 aromatic rings. The lowest BCUT2D eigenvalue weighted by molar-refractivity contribution is 0.130. The smallest absolute Gasteiger partial charge is 0.104 e. The highest BCUT2D eigenvalue weighted by Gasteiger charge is 2.27. The van der Waals surface area contributed by atoms with Crippen molar-refractivity contribution in [1.82, 2.24) is 9.78 Å². The highest BCUT2D eigenvalue weighted by atomic mass is 35.5. The van der Waals surface area contributed by atoms with Gasteiger partial charge in [0.2, 0.25) is 0 Å². The fourth-order valence-corrected chi connectivity index (χ4v) is 2.81. The van der Waals surface area contributed by atoms with E-state index in [1.165, 1.54) is 0 Å². The Morgan fingerprint density at radius 3 is 2.45 bits per heavy atom. The predicted octanol–water partition coefficient (Wildman–Crippen LogP) is 4.34. The second-order valence-corrected chi connectivity index (χ2v) is 5.69. The Kier molecular flexibility index (Phi) is 4.84. The van der Waals surface area contributed by atoms with Gasteiger partial charge < -0.3 is 5.11 Å². The third-order valence-corrected chi connectivity index (χ3v) is 3.90. The van der Waals surface area contributed by atoms with Gasteiger partial charge in [0, 0.05) is 12.0 Å². The molecule has 1 N–H and O–H groups in total. The van der Waals surface area contributed by atoms with E-state index in [1.54, 1.807) is 10.9 Å². The fraction of sp³-hybridized carbons (Fsp3) is 0.438. The highest BCUT2D eigenvalue weighted by molar-refractivity contribution is 6.31. The Morgan fingerprint density at radius 2 is 1.90 bits per heavy atom. The van der Waals surface area contributed by atoms with Gasteiger partial charge in [-0.2, -0.15) is 5.10 Å². The van der Waals surface area contributed by atoms with Crippen LogP contribution in [-0.4, -0.2) is 14.9 Å². The SMILES string of the molecule is CCC(c1ccccc1)C(O)c1c(Cl)cnn1C(C)C.